The lowest BCUT2D eigenvalue weighted by atomic mass is 9.94. The van der Waals surface area contributed by atoms with Gasteiger partial charge < -0.3 is 0 Å². The van der Waals surface area contributed by atoms with E-state index in [4.69, 9.17) is 15.0 Å². The molecule has 0 spiro atoms. The summed E-state index contributed by atoms with van der Waals surface area (Å²) in [5.74, 6) is 1.90. The topological polar surface area (TPSA) is 51.6 Å². The normalized spacial score (nSPS) is 11.6. The van der Waals surface area contributed by atoms with Crippen LogP contribution in [0, 0.1) is 6.92 Å². The Morgan fingerprint density at radius 2 is 0.860 bits per heavy atom. The van der Waals surface area contributed by atoms with Crippen molar-refractivity contribution in [2.24, 2.45) is 0 Å². The highest BCUT2D eigenvalue weighted by Gasteiger charge is 2.17. The molecule has 57 heavy (non-hydrogen) atoms. The quantitative estimate of drug-likeness (QED) is 0.169. The molecule has 0 saturated carbocycles. The summed E-state index contributed by atoms with van der Waals surface area (Å²) in [6, 6.07) is 58.6. The molecule has 0 saturated heterocycles. The molecule has 0 radical (unpaired) electrons. The average molecular weight is 765 g/mol. The van der Waals surface area contributed by atoms with E-state index in [9.17, 15) is 0 Å². The van der Waals surface area contributed by atoms with Gasteiger partial charge in [0.2, 0.25) is 0 Å². The summed E-state index contributed by atoms with van der Waals surface area (Å²) in [5, 5.41) is 5.10. The van der Waals surface area contributed by atoms with E-state index in [1.54, 1.807) is 6.20 Å². The number of fused-ring (bicyclic) bond motifs is 6. The van der Waals surface area contributed by atoms with Gasteiger partial charge in [0.1, 0.15) is 0 Å². The Hall–Kier alpha value is -6.86. The fourth-order valence-electron chi connectivity index (χ4n) is 7.82. The van der Waals surface area contributed by atoms with Crippen LogP contribution in [0.5, 0.6) is 0 Å². The number of hydrogen-bond acceptors (Lipinski definition) is 6. The van der Waals surface area contributed by atoms with Gasteiger partial charge in [0.15, 0.2) is 17.5 Å². The number of thiophene rings is 2. The summed E-state index contributed by atoms with van der Waals surface area (Å²) < 4.78 is 5.16. The molecule has 0 bridgehead atoms. The number of aryl methyl sites for hydroxylation is 1. The van der Waals surface area contributed by atoms with Crippen LogP contribution in [0.25, 0.3) is 108 Å². The SMILES string of the molecule is Cc1ccccc1-c1nc(-c2ccc(-c3cccnc3)cc2)nc(-c2cc(-c3ccc4sc5ccccc5c4c3)cc(-c3ccc4sc5ccccc5c4c3)c2)n1. The van der Waals surface area contributed by atoms with Crippen LogP contribution in [0.15, 0.2) is 176 Å². The minimum Gasteiger partial charge on any atom is -0.264 e. The highest BCUT2D eigenvalue weighted by molar-refractivity contribution is 7.26. The minimum atomic E-state index is 0.625. The van der Waals surface area contributed by atoms with Gasteiger partial charge in [-0.15, -0.1) is 22.7 Å². The molecule has 0 fully saturated rings. The number of hydrogen-bond donors (Lipinski definition) is 0. The van der Waals surface area contributed by atoms with Crippen molar-refractivity contribution in [3.8, 4) is 67.5 Å². The van der Waals surface area contributed by atoms with Crippen molar-refractivity contribution in [2.45, 2.75) is 6.92 Å². The first-order chi connectivity index (χ1) is 28.1. The van der Waals surface area contributed by atoms with Gasteiger partial charge in [0, 0.05) is 69.4 Å². The van der Waals surface area contributed by atoms with Gasteiger partial charge in [-0.3, -0.25) is 4.98 Å². The highest BCUT2D eigenvalue weighted by atomic mass is 32.1. The maximum atomic E-state index is 5.23. The number of benzene rings is 7. The van der Waals surface area contributed by atoms with E-state index in [1.165, 1.54) is 40.3 Å². The van der Waals surface area contributed by atoms with Crippen molar-refractivity contribution in [1.82, 2.24) is 19.9 Å². The van der Waals surface area contributed by atoms with E-state index in [0.717, 1.165) is 55.6 Å². The molecule has 0 unspecified atom stereocenters. The molecule has 0 aliphatic carbocycles. The summed E-state index contributed by atoms with van der Waals surface area (Å²) in [6.07, 6.45) is 3.68. The van der Waals surface area contributed by atoms with Crippen molar-refractivity contribution in [2.75, 3.05) is 0 Å². The molecule has 7 aromatic carbocycles. The fourth-order valence-corrected chi connectivity index (χ4v) is 10.00. The number of nitrogens with zero attached hydrogens (tertiary/aromatic N) is 4. The Morgan fingerprint density at radius 1 is 0.351 bits per heavy atom. The third-order valence-electron chi connectivity index (χ3n) is 10.8. The predicted molar refractivity (Wildman–Crippen MR) is 241 cm³/mol. The molecule has 0 aliphatic heterocycles. The zero-order valence-corrected chi connectivity index (χ0v) is 32.5. The van der Waals surface area contributed by atoms with Crippen LogP contribution in [-0.2, 0) is 0 Å². The lowest BCUT2D eigenvalue weighted by molar-refractivity contribution is 1.07. The van der Waals surface area contributed by atoms with Gasteiger partial charge in [-0.05, 0) is 107 Å². The molecule has 6 heteroatoms. The summed E-state index contributed by atoms with van der Waals surface area (Å²) in [6.45, 7) is 2.11. The molecule has 11 aromatic rings. The second-order valence-corrected chi connectivity index (χ2v) is 16.5. The van der Waals surface area contributed by atoms with Gasteiger partial charge in [0.05, 0.1) is 0 Å². The van der Waals surface area contributed by atoms with Crippen molar-refractivity contribution in [3.63, 3.8) is 0 Å². The number of pyridine rings is 1. The summed E-state index contributed by atoms with van der Waals surface area (Å²) in [4.78, 5) is 19.9. The lowest BCUT2D eigenvalue weighted by Crippen LogP contribution is -2.01. The van der Waals surface area contributed by atoms with Gasteiger partial charge in [0.25, 0.3) is 0 Å². The smallest absolute Gasteiger partial charge is 0.164 e. The van der Waals surface area contributed by atoms with Crippen LogP contribution in [-0.4, -0.2) is 19.9 Å². The molecule has 268 valence electrons. The fraction of sp³-hybridized carbons (Fsp3) is 0.0196. The van der Waals surface area contributed by atoms with Gasteiger partial charge in [-0.2, -0.15) is 0 Å². The first-order valence-electron chi connectivity index (χ1n) is 18.9. The molecular formula is C51H32N4S2. The third kappa shape index (κ3) is 6.07. The Morgan fingerprint density at radius 3 is 1.47 bits per heavy atom. The summed E-state index contributed by atoms with van der Waals surface area (Å²) >= 11 is 3.68. The molecule has 11 rings (SSSR count). The maximum Gasteiger partial charge on any atom is 0.164 e. The number of rotatable bonds is 6. The lowest BCUT2D eigenvalue weighted by Gasteiger charge is -2.13. The molecule has 0 amide bonds. The monoisotopic (exact) mass is 764 g/mol. The minimum absolute atomic E-state index is 0.625. The molecule has 0 N–H and O–H groups in total. The summed E-state index contributed by atoms with van der Waals surface area (Å²) in [5.41, 5.74) is 10.6. The van der Waals surface area contributed by atoms with Gasteiger partial charge >= 0.3 is 0 Å². The molecular weight excluding hydrogens is 733 g/mol. The van der Waals surface area contributed by atoms with Crippen molar-refractivity contribution >= 4 is 63.0 Å². The maximum absolute atomic E-state index is 5.23. The highest BCUT2D eigenvalue weighted by Crippen LogP contribution is 2.41. The standard InChI is InChI=1S/C51H32N4S2/c1-31-9-2-3-11-40(31)51-54-49(33-18-16-32(17-19-33)36-10-8-24-52-30-36)53-50(55-51)39-26-37(34-20-22-47-43(28-34)41-12-4-6-14-45(41)56-47)25-38(27-39)35-21-23-48-44(29-35)42-13-5-7-15-46(42)57-48/h2-30H,1H3. The van der Waals surface area contributed by atoms with Crippen molar-refractivity contribution in [1.29, 1.82) is 0 Å². The zero-order valence-electron chi connectivity index (χ0n) is 30.8. The van der Waals surface area contributed by atoms with Crippen molar-refractivity contribution < 1.29 is 0 Å². The van der Waals surface area contributed by atoms with Crippen LogP contribution in [0.3, 0.4) is 0 Å². The third-order valence-corrected chi connectivity index (χ3v) is 13.1. The second-order valence-electron chi connectivity index (χ2n) is 14.4. The van der Waals surface area contributed by atoms with Crippen molar-refractivity contribution in [3.05, 3.63) is 182 Å². The average Bonchev–Trinajstić information content (AvgIpc) is 3.84. The summed E-state index contributed by atoms with van der Waals surface area (Å²) in [7, 11) is 0. The van der Waals surface area contributed by atoms with Crippen LogP contribution >= 0.6 is 22.7 Å². The Kier molecular flexibility index (Phi) is 8.05. The van der Waals surface area contributed by atoms with E-state index in [1.807, 2.05) is 41.0 Å². The first-order valence-corrected chi connectivity index (χ1v) is 20.6. The Balaban J connectivity index is 1.12. The van der Waals surface area contributed by atoms with Crippen LogP contribution in [0.2, 0.25) is 0 Å². The molecule has 0 aliphatic rings. The van der Waals surface area contributed by atoms with Crippen LogP contribution in [0.1, 0.15) is 5.56 Å². The van der Waals surface area contributed by atoms with E-state index < -0.39 is 0 Å². The van der Waals surface area contributed by atoms with Crippen LogP contribution in [0.4, 0.5) is 0 Å². The van der Waals surface area contributed by atoms with E-state index in [2.05, 4.69) is 164 Å². The van der Waals surface area contributed by atoms with E-state index >= 15 is 0 Å². The molecule has 4 nitrogen and oxygen atoms in total. The molecule has 4 aromatic heterocycles. The Bertz CT molecular complexity index is 3180. The zero-order chi connectivity index (χ0) is 37.9. The first kappa shape index (κ1) is 33.5. The largest absolute Gasteiger partial charge is 0.264 e. The molecule has 0 atom stereocenters. The van der Waals surface area contributed by atoms with E-state index in [-0.39, 0.29) is 0 Å². The van der Waals surface area contributed by atoms with Gasteiger partial charge in [-0.1, -0.05) is 103 Å². The Labute approximate surface area is 337 Å². The number of aromatic nitrogens is 4. The predicted octanol–water partition coefficient (Wildman–Crippen LogP) is 14.3. The van der Waals surface area contributed by atoms with Crippen LogP contribution < -0.4 is 0 Å². The second kappa shape index (κ2) is 13.7. The van der Waals surface area contributed by atoms with Gasteiger partial charge in [-0.25, -0.2) is 15.0 Å². The van der Waals surface area contributed by atoms with E-state index in [0.29, 0.717) is 17.5 Å². The molecule has 4 heterocycles.